The van der Waals surface area contributed by atoms with Gasteiger partial charge in [-0.1, -0.05) is 29.3 Å². The fraction of sp³-hybridized carbons (Fsp3) is 0.462. The van der Waals surface area contributed by atoms with Crippen molar-refractivity contribution in [3.63, 3.8) is 0 Å². The summed E-state index contributed by atoms with van der Waals surface area (Å²) in [5.74, 6) is -0.490. The highest BCUT2D eigenvalue weighted by Crippen LogP contribution is 2.20. The van der Waals surface area contributed by atoms with Crippen LogP contribution in [-0.4, -0.2) is 35.7 Å². The Morgan fingerprint density at radius 3 is 2.84 bits per heavy atom. The number of benzene rings is 1. The van der Waals surface area contributed by atoms with Gasteiger partial charge in [0.2, 0.25) is 0 Å². The monoisotopic (exact) mass is 332 g/mol. The summed E-state index contributed by atoms with van der Waals surface area (Å²) in [5, 5.41) is 11.5. The van der Waals surface area contributed by atoms with E-state index in [0.29, 0.717) is 11.0 Å². The minimum atomic E-state index is -0.490. The quantitative estimate of drug-likeness (QED) is 0.840. The highest BCUT2D eigenvalue weighted by Gasteiger charge is 2.14. The average molecular weight is 333 g/mol. The van der Waals surface area contributed by atoms with E-state index in [1.54, 1.807) is 6.07 Å². The molecule has 0 saturated heterocycles. The molecule has 0 spiro atoms. The molecule has 1 rings (SSSR count). The van der Waals surface area contributed by atoms with E-state index in [4.69, 9.17) is 5.11 Å². The van der Waals surface area contributed by atoms with Gasteiger partial charge >= 0.3 is 6.03 Å². The molecule has 0 atom stereocenters. The van der Waals surface area contributed by atoms with Gasteiger partial charge in [-0.15, -0.1) is 0 Å². The molecule has 0 unspecified atom stereocenters. The van der Waals surface area contributed by atoms with E-state index in [0.717, 1.165) is 12.8 Å². The maximum atomic E-state index is 13.5. The number of aliphatic hydroxyl groups excluding tert-OH is 1. The number of unbranched alkanes of at least 4 members (excludes halogenated alkanes) is 1. The Bertz CT molecular complexity index is 429. The lowest BCUT2D eigenvalue weighted by Crippen LogP contribution is -2.37. The van der Waals surface area contributed by atoms with Gasteiger partial charge in [-0.2, -0.15) is 0 Å². The van der Waals surface area contributed by atoms with Crippen LogP contribution in [0.1, 0.15) is 19.8 Å². The summed E-state index contributed by atoms with van der Waals surface area (Å²) in [5.41, 5.74) is 0.124. The Labute approximate surface area is 120 Å². The number of carbonyl (C=O) groups excluding carboxylic acids is 1. The minimum absolute atomic E-state index is 0.113. The summed E-state index contributed by atoms with van der Waals surface area (Å²) in [6.45, 7) is 2.68. The first-order chi connectivity index (χ1) is 9.08. The van der Waals surface area contributed by atoms with Crippen LogP contribution in [0, 0.1) is 5.82 Å². The van der Waals surface area contributed by atoms with Gasteiger partial charge < -0.3 is 15.3 Å². The predicted molar refractivity (Wildman–Crippen MR) is 76.7 cm³/mol. The standard InChI is InChI=1S/C13H18BrFN2O2/c1-2-3-6-17(7-8-18)13(19)16-12-9-10(14)4-5-11(12)15/h4-5,9,18H,2-3,6-8H2,1H3,(H,16,19). The third kappa shape index (κ3) is 5.16. The normalized spacial score (nSPS) is 10.3. The first-order valence-electron chi connectivity index (χ1n) is 6.20. The zero-order valence-electron chi connectivity index (χ0n) is 10.8. The Morgan fingerprint density at radius 1 is 1.47 bits per heavy atom. The Balaban J connectivity index is 2.71. The molecule has 1 aromatic rings. The molecule has 19 heavy (non-hydrogen) atoms. The Hall–Kier alpha value is -1.14. The van der Waals surface area contributed by atoms with Gasteiger partial charge in [-0.3, -0.25) is 0 Å². The van der Waals surface area contributed by atoms with E-state index in [-0.39, 0.29) is 18.8 Å². The number of hydrogen-bond acceptors (Lipinski definition) is 2. The molecule has 0 saturated carbocycles. The van der Waals surface area contributed by atoms with Crippen molar-refractivity contribution < 1.29 is 14.3 Å². The van der Waals surface area contributed by atoms with E-state index in [2.05, 4.69) is 21.2 Å². The van der Waals surface area contributed by atoms with Crippen LogP contribution in [-0.2, 0) is 0 Å². The van der Waals surface area contributed by atoms with E-state index < -0.39 is 11.8 Å². The van der Waals surface area contributed by atoms with Crippen LogP contribution in [0.4, 0.5) is 14.9 Å². The molecule has 6 heteroatoms. The van der Waals surface area contributed by atoms with Gasteiger partial charge in [0.05, 0.1) is 12.3 Å². The third-order valence-electron chi connectivity index (χ3n) is 2.61. The van der Waals surface area contributed by atoms with Crippen LogP contribution in [0.15, 0.2) is 22.7 Å². The molecule has 0 heterocycles. The van der Waals surface area contributed by atoms with Gasteiger partial charge in [0.15, 0.2) is 0 Å². The smallest absolute Gasteiger partial charge is 0.322 e. The number of aliphatic hydroxyl groups is 1. The number of carbonyl (C=O) groups is 1. The lowest BCUT2D eigenvalue weighted by molar-refractivity contribution is 0.187. The summed E-state index contributed by atoms with van der Waals surface area (Å²) >= 11 is 3.22. The second kappa shape index (κ2) is 8.12. The van der Waals surface area contributed by atoms with Crippen LogP contribution in [0.3, 0.4) is 0 Å². The maximum Gasteiger partial charge on any atom is 0.322 e. The van der Waals surface area contributed by atoms with Crippen LogP contribution in [0.2, 0.25) is 0 Å². The fourth-order valence-electron chi connectivity index (χ4n) is 1.57. The number of urea groups is 1. The van der Waals surface area contributed by atoms with Gasteiger partial charge in [0.25, 0.3) is 0 Å². The summed E-state index contributed by atoms with van der Waals surface area (Å²) < 4.78 is 14.2. The largest absolute Gasteiger partial charge is 0.395 e. The van der Waals surface area contributed by atoms with E-state index in [1.165, 1.54) is 17.0 Å². The van der Waals surface area contributed by atoms with Gasteiger partial charge in [-0.25, -0.2) is 9.18 Å². The van der Waals surface area contributed by atoms with Gasteiger partial charge in [0, 0.05) is 17.6 Å². The molecular formula is C13H18BrFN2O2. The molecule has 0 fully saturated rings. The van der Waals surface area contributed by atoms with Crippen LogP contribution in [0.5, 0.6) is 0 Å². The average Bonchev–Trinajstić information content (AvgIpc) is 2.38. The summed E-state index contributed by atoms with van der Waals surface area (Å²) in [6, 6.07) is 3.94. The second-order valence-electron chi connectivity index (χ2n) is 4.12. The SMILES string of the molecule is CCCCN(CCO)C(=O)Nc1cc(Br)ccc1F. The highest BCUT2D eigenvalue weighted by atomic mass is 79.9. The van der Waals surface area contributed by atoms with Crippen molar-refractivity contribution in [2.75, 3.05) is 25.0 Å². The number of hydrogen-bond donors (Lipinski definition) is 2. The van der Waals surface area contributed by atoms with Crippen LogP contribution in [0.25, 0.3) is 0 Å². The highest BCUT2D eigenvalue weighted by molar-refractivity contribution is 9.10. The number of nitrogens with one attached hydrogen (secondary N) is 1. The third-order valence-corrected chi connectivity index (χ3v) is 3.10. The Kier molecular flexibility index (Phi) is 6.80. The first kappa shape index (κ1) is 15.9. The summed E-state index contributed by atoms with van der Waals surface area (Å²) in [6.07, 6.45) is 1.79. The van der Waals surface area contributed by atoms with Crippen LogP contribution < -0.4 is 5.32 Å². The van der Waals surface area contributed by atoms with Crippen molar-refractivity contribution in [1.82, 2.24) is 4.90 Å². The van der Waals surface area contributed by atoms with E-state index in [9.17, 15) is 9.18 Å². The molecule has 0 aromatic heterocycles. The van der Waals surface area contributed by atoms with Crippen LogP contribution >= 0.6 is 15.9 Å². The summed E-state index contributed by atoms with van der Waals surface area (Å²) in [4.78, 5) is 13.5. The molecule has 0 aliphatic heterocycles. The number of nitrogens with zero attached hydrogens (tertiary/aromatic N) is 1. The minimum Gasteiger partial charge on any atom is -0.395 e. The van der Waals surface area contributed by atoms with E-state index in [1.807, 2.05) is 6.92 Å². The second-order valence-corrected chi connectivity index (χ2v) is 5.03. The molecule has 1 aromatic carbocycles. The van der Waals surface area contributed by atoms with Crippen molar-refractivity contribution in [2.24, 2.45) is 0 Å². The van der Waals surface area contributed by atoms with Crippen molar-refractivity contribution in [3.8, 4) is 0 Å². The number of rotatable bonds is 6. The molecule has 0 radical (unpaired) electrons. The molecule has 0 bridgehead atoms. The first-order valence-corrected chi connectivity index (χ1v) is 6.99. The van der Waals surface area contributed by atoms with Crippen molar-refractivity contribution in [2.45, 2.75) is 19.8 Å². The molecular weight excluding hydrogens is 315 g/mol. The molecule has 2 N–H and O–H groups in total. The lowest BCUT2D eigenvalue weighted by Gasteiger charge is -2.22. The topological polar surface area (TPSA) is 52.6 Å². The zero-order valence-corrected chi connectivity index (χ0v) is 12.4. The molecule has 4 nitrogen and oxygen atoms in total. The predicted octanol–water partition coefficient (Wildman–Crippen LogP) is 3.21. The maximum absolute atomic E-state index is 13.5. The van der Waals surface area contributed by atoms with Crippen molar-refractivity contribution in [3.05, 3.63) is 28.5 Å². The zero-order chi connectivity index (χ0) is 14.3. The van der Waals surface area contributed by atoms with E-state index >= 15 is 0 Å². The molecule has 0 aliphatic rings. The van der Waals surface area contributed by atoms with Gasteiger partial charge in [-0.05, 0) is 24.6 Å². The fourth-order valence-corrected chi connectivity index (χ4v) is 1.93. The molecule has 0 aliphatic carbocycles. The molecule has 106 valence electrons. The number of amides is 2. The Morgan fingerprint density at radius 2 is 2.21 bits per heavy atom. The summed E-state index contributed by atoms with van der Waals surface area (Å²) in [7, 11) is 0. The molecule has 2 amide bonds. The van der Waals surface area contributed by atoms with Crippen molar-refractivity contribution in [1.29, 1.82) is 0 Å². The number of halogens is 2. The number of anilines is 1. The van der Waals surface area contributed by atoms with Crippen molar-refractivity contribution >= 4 is 27.6 Å². The van der Waals surface area contributed by atoms with Gasteiger partial charge in [0.1, 0.15) is 5.82 Å². The lowest BCUT2D eigenvalue weighted by atomic mass is 10.3.